The van der Waals surface area contributed by atoms with E-state index in [0.29, 0.717) is 18.7 Å². The van der Waals surface area contributed by atoms with Crippen molar-refractivity contribution in [3.8, 4) is 0 Å². The standard InChI is InChI=1S/C16H24N4O3/c1-4-15(22)19(3)11(2)12-5-7-20(8-6-12)10-13-9-14(21)18-16(23)17-13/h5,9,11H,4,6-8,10H2,1-3H3,(H2,17,18,21,23)/t11-/m0/s1. The van der Waals surface area contributed by atoms with Gasteiger partial charge < -0.3 is 9.88 Å². The lowest BCUT2D eigenvalue weighted by molar-refractivity contribution is -0.130. The average molecular weight is 320 g/mol. The molecular formula is C16H24N4O3. The van der Waals surface area contributed by atoms with Gasteiger partial charge in [0.25, 0.3) is 5.56 Å². The van der Waals surface area contributed by atoms with Gasteiger partial charge in [0.2, 0.25) is 5.91 Å². The molecule has 1 aliphatic heterocycles. The summed E-state index contributed by atoms with van der Waals surface area (Å²) in [5.74, 6) is 0.141. The summed E-state index contributed by atoms with van der Waals surface area (Å²) in [5.41, 5.74) is 1.01. The molecule has 0 aliphatic carbocycles. The molecule has 2 rings (SSSR count). The Bertz CT molecular complexity index is 676. The maximum absolute atomic E-state index is 11.8. The second kappa shape index (κ2) is 7.41. The van der Waals surface area contributed by atoms with Crippen molar-refractivity contribution in [1.82, 2.24) is 19.8 Å². The van der Waals surface area contributed by atoms with Crippen molar-refractivity contribution >= 4 is 5.91 Å². The lowest BCUT2D eigenvalue weighted by Crippen LogP contribution is -2.39. The van der Waals surface area contributed by atoms with E-state index in [1.165, 1.54) is 11.6 Å². The Hall–Kier alpha value is -2.15. The molecule has 7 nitrogen and oxygen atoms in total. The molecule has 1 atom stereocenters. The van der Waals surface area contributed by atoms with Gasteiger partial charge in [0.05, 0.1) is 0 Å². The number of rotatable bonds is 5. The van der Waals surface area contributed by atoms with Crippen LogP contribution in [0, 0.1) is 0 Å². The fourth-order valence-electron chi connectivity index (χ4n) is 2.81. The van der Waals surface area contributed by atoms with E-state index in [1.54, 1.807) is 4.90 Å². The largest absolute Gasteiger partial charge is 0.339 e. The fourth-order valence-corrected chi connectivity index (χ4v) is 2.81. The Kier molecular flexibility index (Phi) is 5.54. The molecule has 0 radical (unpaired) electrons. The number of aromatic amines is 2. The molecule has 7 heteroatoms. The Balaban J connectivity index is 1.99. The molecule has 0 aromatic carbocycles. The van der Waals surface area contributed by atoms with E-state index in [-0.39, 0.29) is 17.5 Å². The summed E-state index contributed by atoms with van der Waals surface area (Å²) >= 11 is 0. The maximum Gasteiger partial charge on any atom is 0.325 e. The van der Waals surface area contributed by atoms with Gasteiger partial charge in [-0.15, -0.1) is 0 Å². The molecule has 0 saturated carbocycles. The molecule has 0 fully saturated rings. The number of nitrogens with one attached hydrogen (secondary N) is 2. The topological polar surface area (TPSA) is 89.3 Å². The summed E-state index contributed by atoms with van der Waals surface area (Å²) < 4.78 is 0. The summed E-state index contributed by atoms with van der Waals surface area (Å²) in [7, 11) is 1.84. The molecular weight excluding hydrogens is 296 g/mol. The number of likely N-dealkylation sites (N-methyl/N-ethyl adjacent to an activating group) is 1. The zero-order valence-corrected chi connectivity index (χ0v) is 13.9. The minimum absolute atomic E-state index is 0.101. The molecule has 2 heterocycles. The Morgan fingerprint density at radius 1 is 1.39 bits per heavy atom. The van der Waals surface area contributed by atoms with Crippen molar-refractivity contribution < 1.29 is 4.79 Å². The van der Waals surface area contributed by atoms with Crippen molar-refractivity contribution in [3.05, 3.63) is 44.2 Å². The summed E-state index contributed by atoms with van der Waals surface area (Å²) in [4.78, 5) is 43.1. The predicted molar refractivity (Wildman–Crippen MR) is 88.2 cm³/mol. The highest BCUT2D eigenvalue weighted by molar-refractivity contribution is 5.76. The van der Waals surface area contributed by atoms with Crippen LogP contribution in [0.2, 0.25) is 0 Å². The van der Waals surface area contributed by atoms with E-state index >= 15 is 0 Å². The van der Waals surface area contributed by atoms with Crippen LogP contribution in [-0.4, -0.2) is 51.9 Å². The third-order valence-electron chi connectivity index (χ3n) is 4.35. The summed E-state index contributed by atoms with van der Waals surface area (Å²) in [6, 6.07) is 1.51. The second-order valence-electron chi connectivity index (χ2n) is 5.91. The van der Waals surface area contributed by atoms with Gasteiger partial charge >= 0.3 is 5.69 Å². The van der Waals surface area contributed by atoms with Crippen molar-refractivity contribution in [2.45, 2.75) is 39.3 Å². The molecule has 23 heavy (non-hydrogen) atoms. The molecule has 1 aliphatic rings. The van der Waals surface area contributed by atoms with Gasteiger partial charge in [0.1, 0.15) is 0 Å². The van der Waals surface area contributed by atoms with Crippen molar-refractivity contribution in [3.63, 3.8) is 0 Å². The van der Waals surface area contributed by atoms with E-state index in [1.807, 2.05) is 20.9 Å². The lowest BCUT2D eigenvalue weighted by Gasteiger charge is -2.32. The van der Waals surface area contributed by atoms with Crippen LogP contribution in [0.1, 0.15) is 32.4 Å². The first-order chi connectivity index (χ1) is 10.9. The van der Waals surface area contributed by atoms with Gasteiger partial charge in [-0.1, -0.05) is 13.0 Å². The van der Waals surface area contributed by atoms with Crippen LogP contribution in [0.25, 0.3) is 0 Å². The Morgan fingerprint density at radius 2 is 2.13 bits per heavy atom. The molecule has 0 saturated heterocycles. The number of nitrogens with zero attached hydrogens (tertiary/aromatic N) is 2. The molecule has 1 aromatic heterocycles. The maximum atomic E-state index is 11.8. The van der Waals surface area contributed by atoms with Gasteiger partial charge in [-0.25, -0.2) is 4.79 Å². The van der Waals surface area contributed by atoms with Gasteiger partial charge in [0, 0.05) is 50.9 Å². The number of aromatic nitrogens is 2. The van der Waals surface area contributed by atoms with Crippen LogP contribution in [0.5, 0.6) is 0 Å². The number of hydrogen-bond acceptors (Lipinski definition) is 4. The molecule has 126 valence electrons. The summed E-state index contributed by atoms with van der Waals surface area (Å²) in [5, 5.41) is 0. The smallest absolute Gasteiger partial charge is 0.325 e. The van der Waals surface area contributed by atoms with E-state index in [2.05, 4.69) is 20.9 Å². The van der Waals surface area contributed by atoms with E-state index in [4.69, 9.17) is 0 Å². The third kappa shape index (κ3) is 4.41. The second-order valence-corrected chi connectivity index (χ2v) is 5.91. The van der Waals surface area contributed by atoms with Gasteiger partial charge in [0.15, 0.2) is 0 Å². The van der Waals surface area contributed by atoms with Gasteiger partial charge in [-0.3, -0.25) is 19.5 Å². The van der Waals surface area contributed by atoms with E-state index in [9.17, 15) is 14.4 Å². The molecule has 2 N–H and O–H groups in total. The molecule has 1 aromatic rings. The third-order valence-corrected chi connectivity index (χ3v) is 4.35. The quantitative estimate of drug-likeness (QED) is 0.771. The fraction of sp³-hybridized carbons (Fsp3) is 0.562. The zero-order valence-electron chi connectivity index (χ0n) is 13.9. The van der Waals surface area contributed by atoms with Crippen LogP contribution in [0.15, 0.2) is 27.3 Å². The van der Waals surface area contributed by atoms with Gasteiger partial charge in [-0.05, 0) is 18.9 Å². The van der Waals surface area contributed by atoms with Crippen LogP contribution in [-0.2, 0) is 11.3 Å². The minimum Gasteiger partial charge on any atom is -0.339 e. The summed E-state index contributed by atoms with van der Waals surface area (Å²) in [6.07, 6.45) is 3.52. The first-order valence-electron chi connectivity index (χ1n) is 7.90. The number of hydrogen-bond donors (Lipinski definition) is 2. The van der Waals surface area contributed by atoms with Crippen LogP contribution in [0.4, 0.5) is 0 Å². The van der Waals surface area contributed by atoms with Gasteiger partial charge in [-0.2, -0.15) is 0 Å². The zero-order chi connectivity index (χ0) is 17.0. The van der Waals surface area contributed by atoms with Crippen molar-refractivity contribution in [2.24, 2.45) is 0 Å². The van der Waals surface area contributed by atoms with E-state index in [0.717, 1.165) is 19.5 Å². The highest BCUT2D eigenvalue weighted by Crippen LogP contribution is 2.19. The predicted octanol–water partition coefficient (Wildman–Crippen LogP) is 0.452. The lowest BCUT2D eigenvalue weighted by atomic mass is 10.00. The normalized spacial score (nSPS) is 16.7. The SMILES string of the molecule is CCC(=O)N(C)[C@@H](C)C1=CCN(Cc2cc(=O)[nH]c(=O)[nH]2)CC1. The Morgan fingerprint density at radius 3 is 2.70 bits per heavy atom. The van der Waals surface area contributed by atoms with Crippen LogP contribution in [0.3, 0.4) is 0 Å². The van der Waals surface area contributed by atoms with Crippen molar-refractivity contribution in [2.75, 3.05) is 20.1 Å². The number of carbonyl (C=O) groups is 1. The number of amides is 1. The Labute approximate surface area is 135 Å². The number of carbonyl (C=O) groups excluding carboxylic acids is 1. The van der Waals surface area contributed by atoms with E-state index < -0.39 is 5.69 Å². The molecule has 0 unspecified atom stereocenters. The average Bonchev–Trinajstić information content (AvgIpc) is 2.52. The van der Waals surface area contributed by atoms with Crippen molar-refractivity contribution in [1.29, 1.82) is 0 Å². The highest BCUT2D eigenvalue weighted by Gasteiger charge is 2.21. The van der Waals surface area contributed by atoms with Crippen LogP contribution >= 0.6 is 0 Å². The van der Waals surface area contributed by atoms with Crippen LogP contribution < -0.4 is 11.2 Å². The highest BCUT2D eigenvalue weighted by atomic mass is 16.2. The first kappa shape index (κ1) is 17.2. The number of H-pyrrole nitrogens is 2. The minimum atomic E-state index is -0.478. The molecule has 1 amide bonds. The monoisotopic (exact) mass is 320 g/mol. The first-order valence-corrected chi connectivity index (χ1v) is 7.90. The molecule has 0 spiro atoms. The summed E-state index contributed by atoms with van der Waals surface area (Å²) in [6.45, 7) is 6.01. The molecule has 0 bridgehead atoms.